The Labute approximate surface area is 157 Å². The van der Waals surface area contributed by atoms with E-state index < -0.39 is 35.4 Å². The van der Waals surface area contributed by atoms with E-state index in [-0.39, 0.29) is 17.9 Å². The highest BCUT2D eigenvalue weighted by molar-refractivity contribution is 7.87. The highest BCUT2D eigenvalue weighted by Gasteiger charge is 2.29. The Hall–Kier alpha value is -2.03. The molecule has 6 nitrogen and oxygen atoms in total. The van der Waals surface area contributed by atoms with Gasteiger partial charge >= 0.3 is 0 Å². The summed E-state index contributed by atoms with van der Waals surface area (Å²) in [6, 6.07) is 16.3. The van der Waals surface area contributed by atoms with Gasteiger partial charge in [-0.1, -0.05) is 48.5 Å². The number of aliphatic hydroxyl groups is 3. The fourth-order valence-electron chi connectivity index (χ4n) is 3.05. The number of hydrogen-bond donors (Lipinski definition) is 3. The van der Waals surface area contributed by atoms with Gasteiger partial charge in [-0.05, 0) is 28.6 Å². The van der Waals surface area contributed by atoms with Gasteiger partial charge in [0.05, 0.1) is 26.4 Å². The lowest BCUT2D eigenvalue weighted by Gasteiger charge is -2.26. The number of rotatable bonds is 8. The minimum atomic E-state index is -4.07. The molecule has 3 rings (SSSR count). The van der Waals surface area contributed by atoms with Crippen molar-refractivity contribution in [2.24, 2.45) is 5.41 Å². The summed E-state index contributed by atoms with van der Waals surface area (Å²) in [5.41, 5.74) is -1.18. The van der Waals surface area contributed by atoms with E-state index >= 15 is 0 Å². The van der Waals surface area contributed by atoms with Crippen LogP contribution in [0.3, 0.4) is 0 Å². The van der Waals surface area contributed by atoms with Gasteiger partial charge in [0.2, 0.25) is 0 Å². The fourth-order valence-corrected chi connectivity index (χ4v) is 4.20. The number of aliphatic hydroxyl groups excluding tert-OH is 3. The van der Waals surface area contributed by atoms with Crippen LogP contribution in [0.4, 0.5) is 0 Å². The van der Waals surface area contributed by atoms with Crippen LogP contribution in [0.25, 0.3) is 21.5 Å². The molecule has 0 saturated carbocycles. The van der Waals surface area contributed by atoms with Crippen LogP contribution in [0.2, 0.25) is 0 Å². The molecule has 144 valence electrons. The molecule has 0 radical (unpaired) electrons. The summed E-state index contributed by atoms with van der Waals surface area (Å²) < 4.78 is 30.8. The third kappa shape index (κ3) is 3.83. The first-order valence-electron chi connectivity index (χ1n) is 8.59. The molecule has 0 aromatic heterocycles. The largest absolute Gasteiger partial charge is 0.396 e. The van der Waals surface area contributed by atoms with Crippen molar-refractivity contribution in [1.82, 2.24) is 0 Å². The van der Waals surface area contributed by atoms with Gasteiger partial charge in [-0.15, -0.1) is 0 Å². The molecule has 0 amide bonds. The molecule has 0 aliphatic carbocycles. The second kappa shape index (κ2) is 7.92. The van der Waals surface area contributed by atoms with Crippen LogP contribution >= 0.6 is 0 Å². The summed E-state index contributed by atoms with van der Waals surface area (Å²) in [5.74, 6) is 0. The molecule has 3 N–H and O–H groups in total. The lowest BCUT2D eigenvalue weighted by Crippen LogP contribution is -2.35. The molecule has 0 atom stereocenters. The zero-order valence-electron chi connectivity index (χ0n) is 14.7. The molecule has 0 unspecified atom stereocenters. The minimum absolute atomic E-state index is 0.00123. The molecule has 0 fully saturated rings. The van der Waals surface area contributed by atoms with Crippen molar-refractivity contribution in [3.8, 4) is 0 Å². The smallest absolute Gasteiger partial charge is 0.297 e. The van der Waals surface area contributed by atoms with Gasteiger partial charge in [0.15, 0.2) is 0 Å². The maximum Gasteiger partial charge on any atom is 0.297 e. The lowest BCUT2D eigenvalue weighted by atomic mass is 9.88. The first-order chi connectivity index (χ1) is 13.0. The SMILES string of the molecule is O=S(=O)(OCCC(CO)(CO)CO)c1cccc2ccc3ccccc3c12. The van der Waals surface area contributed by atoms with E-state index in [0.717, 1.165) is 16.2 Å². The van der Waals surface area contributed by atoms with Crippen molar-refractivity contribution in [2.45, 2.75) is 11.3 Å². The van der Waals surface area contributed by atoms with Crippen LogP contribution in [0.1, 0.15) is 6.42 Å². The molecule has 0 spiro atoms. The molecule has 0 aliphatic rings. The summed E-state index contributed by atoms with van der Waals surface area (Å²) in [6.45, 7) is -1.67. The van der Waals surface area contributed by atoms with E-state index in [9.17, 15) is 23.7 Å². The quantitative estimate of drug-likeness (QED) is 0.402. The second-order valence-corrected chi connectivity index (χ2v) is 8.23. The molecule has 3 aromatic rings. The maximum atomic E-state index is 12.8. The standard InChI is InChI=1S/C20H22O6S/c21-12-20(13-22,14-23)10-11-26-27(24,25)18-7-3-5-16-9-8-15-4-1-2-6-17(15)19(16)18/h1-9,21-23H,10-14H2. The number of benzene rings is 3. The third-order valence-electron chi connectivity index (χ3n) is 4.88. The van der Waals surface area contributed by atoms with Crippen molar-refractivity contribution in [2.75, 3.05) is 26.4 Å². The normalized spacial score (nSPS) is 12.7. The second-order valence-electron chi connectivity index (χ2n) is 6.64. The van der Waals surface area contributed by atoms with Gasteiger partial charge < -0.3 is 15.3 Å². The Morgan fingerprint density at radius 2 is 1.44 bits per heavy atom. The van der Waals surface area contributed by atoms with Crippen molar-refractivity contribution in [3.05, 3.63) is 54.6 Å². The number of hydrogen-bond acceptors (Lipinski definition) is 6. The van der Waals surface area contributed by atoms with E-state index in [1.54, 1.807) is 6.07 Å². The first-order valence-corrected chi connectivity index (χ1v) is 10.00. The van der Waals surface area contributed by atoms with Crippen molar-refractivity contribution < 1.29 is 27.9 Å². The van der Waals surface area contributed by atoms with Gasteiger partial charge in [0, 0.05) is 10.8 Å². The zero-order chi connectivity index (χ0) is 19.5. The minimum Gasteiger partial charge on any atom is -0.396 e. The maximum absolute atomic E-state index is 12.8. The Morgan fingerprint density at radius 3 is 2.15 bits per heavy atom. The third-order valence-corrected chi connectivity index (χ3v) is 6.23. The van der Waals surface area contributed by atoms with E-state index in [0.29, 0.717) is 5.39 Å². The van der Waals surface area contributed by atoms with E-state index in [2.05, 4.69) is 0 Å². The molecule has 0 saturated heterocycles. The van der Waals surface area contributed by atoms with Crippen molar-refractivity contribution >= 4 is 31.7 Å². The summed E-state index contributed by atoms with van der Waals surface area (Å²) in [4.78, 5) is 0.0689. The van der Waals surface area contributed by atoms with Gasteiger partial charge in [-0.3, -0.25) is 4.18 Å². The molecule has 7 heteroatoms. The average Bonchev–Trinajstić information content (AvgIpc) is 2.71. The van der Waals surface area contributed by atoms with Crippen molar-refractivity contribution in [3.63, 3.8) is 0 Å². The highest BCUT2D eigenvalue weighted by Crippen LogP contribution is 2.32. The van der Waals surface area contributed by atoms with Crippen LogP contribution < -0.4 is 0 Å². The Morgan fingerprint density at radius 1 is 0.815 bits per heavy atom. The lowest BCUT2D eigenvalue weighted by molar-refractivity contribution is -0.00845. The monoisotopic (exact) mass is 390 g/mol. The van der Waals surface area contributed by atoms with Crippen LogP contribution in [-0.4, -0.2) is 50.2 Å². The van der Waals surface area contributed by atoms with Gasteiger partial charge in [-0.25, -0.2) is 0 Å². The molecular formula is C20H22O6S. The first kappa shape index (κ1) is 19.7. The number of fused-ring (bicyclic) bond motifs is 3. The molecule has 0 aliphatic heterocycles. The Bertz CT molecular complexity index is 1030. The van der Waals surface area contributed by atoms with Crippen LogP contribution in [0.15, 0.2) is 59.5 Å². The molecule has 27 heavy (non-hydrogen) atoms. The average molecular weight is 390 g/mol. The molecule has 0 bridgehead atoms. The Kier molecular flexibility index (Phi) is 5.78. The van der Waals surface area contributed by atoms with Gasteiger partial charge in [-0.2, -0.15) is 8.42 Å². The van der Waals surface area contributed by atoms with Gasteiger partial charge in [0.1, 0.15) is 4.90 Å². The zero-order valence-corrected chi connectivity index (χ0v) is 15.5. The Balaban J connectivity index is 1.97. The molecule has 3 aromatic carbocycles. The highest BCUT2D eigenvalue weighted by atomic mass is 32.2. The van der Waals surface area contributed by atoms with Crippen LogP contribution in [0, 0.1) is 5.41 Å². The molecule has 0 heterocycles. The summed E-state index contributed by atoms with van der Waals surface area (Å²) >= 11 is 0. The van der Waals surface area contributed by atoms with E-state index in [1.165, 1.54) is 6.07 Å². The van der Waals surface area contributed by atoms with Crippen LogP contribution in [-0.2, 0) is 14.3 Å². The summed E-state index contributed by atoms with van der Waals surface area (Å²) in [7, 11) is -4.07. The van der Waals surface area contributed by atoms with Gasteiger partial charge in [0.25, 0.3) is 10.1 Å². The predicted octanol–water partition coefficient (Wildman–Crippen LogP) is 2.05. The fraction of sp³-hybridized carbons (Fsp3) is 0.300. The predicted molar refractivity (Wildman–Crippen MR) is 103 cm³/mol. The summed E-state index contributed by atoms with van der Waals surface area (Å²) in [5, 5.41) is 31.2. The summed E-state index contributed by atoms with van der Waals surface area (Å²) in [6.07, 6.45) is 0.00123. The topological polar surface area (TPSA) is 104 Å². The van der Waals surface area contributed by atoms with E-state index in [4.69, 9.17) is 4.18 Å². The van der Waals surface area contributed by atoms with Crippen molar-refractivity contribution in [1.29, 1.82) is 0 Å². The van der Waals surface area contributed by atoms with E-state index in [1.807, 2.05) is 42.5 Å². The molecular weight excluding hydrogens is 368 g/mol. The van der Waals surface area contributed by atoms with Crippen LogP contribution in [0.5, 0.6) is 0 Å².